The molecule has 0 fully saturated rings. The number of hydrogen-bond donors (Lipinski definition) is 2. The number of allylic oxidation sites excluding steroid dienone is 1. The SMILES string of the molecule is O=C(O)C(S)C1=CCCCC1. The minimum absolute atomic E-state index is 0.574. The molecule has 0 amide bonds. The zero-order valence-electron chi connectivity index (χ0n) is 6.29. The van der Waals surface area contributed by atoms with Gasteiger partial charge in [0.1, 0.15) is 5.25 Å². The number of thiol groups is 1. The summed E-state index contributed by atoms with van der Waals surface area (Å²) in [7, 11) is 0. The Kier molecular flexibility index (Phi) is 3.00. The van der Waals surface area contributed by atoms with Crippen LogP contribution in [0.1, 0.15) is 25.7 Å². The molecule has 1 aliphatic rings. The van der Waals surface area contributed by atoms with E-state index in [0.29, 0.717) is 0 Å². The molecule has 0 aromatic carbocycles. The monoisotopic (exact) mass is 172 g/mol. The van der Waals surface area contributed by atoms with Crippen LogP contribution in [0.5, 0.6) is 0 Å². The van der Waals surface area contributed by atoms with Gasteiger partial charge in [0.15, 0.2) is 0 Å². The first-order valence-corrected chi connectivity index (χ1v) is 4.33. The summed E-state index contributed by atoms with van der Waals surface area (Å²) in [4.78, 5) is 10.5. The third-order valence-electron chi connectivity index (χ3n) is 1.91. The van der Waals surface area contributed by atoms with Gasteiger partial charge >= 0.3 is 5.97 Å². The molecule has 62 valence electrons. The maximum atomic E-state index is 10.5. The maximum absolute atomic E-state index is 10.5. The van der Waals surface area contributed by atoms with E-state index in [0.717, 1.165) is 24.8 Å². The summed E-state index contributed by atoms with van der Waals surface area (Å²) >= 11 is 4.00. The van der Waals surface area contributed by atoms with Gasteiger partial charge in [0.25, 0.3) is 0 Å². The first kappa shape index (κ1) is 8.65. The Hall–Kier alpha value is -0.440. The van der Waals surface area contributed by atoms with Crippen LogP contribution in [0.15, 0.2) is 11.6 Å². The van der Waals surface area contributed by atoms with E-state index in [1.807, 2.05) is 6.08 Å². The molecule has 1 N–H and O–H groups in total. The number of aliphatic carboxylic acids is 1. The number of hydrogen-bond acceptors (Lipinski definition) is 2. The van der Waals surface area contributed by atoms with Crippen LogP contribution in [0, 0.1) is 0 Å². The molecule has 0 aliphatic heterocycles. The van der Waals surface area contributed by atoms with Gasteiger partial charge in [0.2, 0.25) is 0 Å². The fourth-order valence-corrected chi connectivity index (χ4v) is 1.50. The largest absolute Gasteiger partial charge is 0.480 e. The molecule has 0 saturated heterocycles. The molecule has 0 heterocycles. The maximum Gasteiger partial charge on any atom is 0.320 e. The fourth-order valence-electron chi connectivity index (χ4n) is 1.27. The van der Waals surface area contributed by atoms with E-state index < -0.39 is 11.2 Å². The topological polar surface area (TPSA) is 37.3 Å². The molecule has 0 radical (unpaired) electrons. The normalized spacial score (nSPS) is 20.6. The number of carboxylic acids is 1. The van der Waals surface area contributed by atoms with Crippen molar-refractivity contribution in [3.63, 3.8) is 0 Å². The van der Waals surface area contributed by atoms with Gasteiger partial charge in [-0.15, -0.1) is 0 Å². The highest BCUT2D eigenvalue weighted by atomic mass is 32.1. The standard InChI is InChI=1S/C8H12O2S/c9-8(10)7(11)6-4-2-1-3-5-6/h4,7,11H,1-3,5H2,(H,9,10). The van der Waals surface area contributed by atoms with Crippen molar-refractivity contribution in [1.82, 2.24) is 0 Å². The lowest BCUT2D eigenvalue weighted by atomic mass is 9.97. The van der Waals surface area contributed by atoms with E-state index in [9.17, 15) is 4.79 Å². The van der Waals surface area contributed by atoms with Crippen molar-refractivity contribution in [3.05, 3.63) is 11.6 Å². The summed E-state index contributed by atoms with van der Waals surface area (Å²) < 4.78 is 0. The summed E-state index contributed by atoms with van der Waals surface area (Å²) in [6.07, 6.45) is 6.22. The highest BCUT2D eigenvalue weighted by molar-refractivity contribution is 7.82. The smallest absolute Gasteiger partial charge is 0.320 e. The van der Waals surface area contributed by atoms with Crippen molar-refractivity contribution >= 4 is 18.6 Å². The second-order valence-electron chi connectivity index (χ2n) is 2.77. The third-order valence-corrected chi connectivity index (χ3v) is 2.46. The van der Waals surface area contributed by atoms with Gasteiger partial charge in [-0.05, 0) is 25.7 Å². The molecule has 1 unspecified atom stereocenters. The number of carbonyl (C=O) groups is 1. The molecular weight excluding hydrogens is 160 g/mol. The van der Waals surface area contributed by atoms with Crippen LogP contribution in [0.25, 0.3) is 0 Å². The Morgan fingerprint density at radius 3 is 2.82 bits per heavy atom. The van der Waals surface area contributed by atoms with Gasteiger partial charge in [-0.1, -0.05) is 11.6 Å². The van der Waals surface area contributed by atoms with Gasteiger partial charge < -0.3 is 5.11 Å². The van der Waals surface area contributed by atoms with Gasteiger partial charge in [0.05, 0.1) is 0 Å². The lowest BCUT2D eigenvalue weighted by molar-refractivity contribution is -0.135. The average Bonchev–Trinajstić information content (AvgIpc) is 2.05. The van der Waals surface area contributed by atoms with Crippen LogP contribution < -0.4 is 0 Å². The van der Waals surface area contributed by atoms with E-state index in [1.54, 1.807) is 0 Å². The van der Waals surface area contributed by atoms with E-state index in [4.69, 9.17) is 5.11 Å². The molecule has 3 heteroatoms. The zero-order chi connectivity index (χ0) is 8.27. The Morgan fingerprint density at radius 2 is 2.36 bits per heavy atom. The molecule has 2 nitrogen and oxygen atoms in total. The predicted molar refractivity (Wildman–Crippen MR) is 47.0 cm³/mol. The fraction of sp³-hybridized carbons (Fsp3) is 0.625. The third kappa shape index (κ3) is 2.26. The molecule has 0 aromatic heterocycles. The number of rotatable bonds is 2. The molecule has 1 rings (SSSR count). The minimum atomic E-state index is -0.832. The highest BCUT2D eigenvalue weighted by Crippen LogP contribution is 2.23. The molecule has 0 saturated carbocycles. The van der Waals surface area contributed by atoms with E-state index in [2.05, 4.69) is 12.6 Å². The van der Waals surface area contributed by atoms with Gasteiger partial charge in [0, 0.05) is 0 Å². The second-order valence-corrected chi connectivity index (χ2v) is 3.28. The summed E-state index contributed by atoms with van der Waals surface area (Å²) in [6, 6.07) is 0. The van der Waals surface area contributed by atoms with E-state index >= 15 is 0 Å². The van der Waals surface area contributed by atoms with Crippen molar-refractivity contribution in [2.75, 3.05) is 0 Å². The van der Waals surface area contributed by atoms with Crippen LogP contribution in [0.4, 0.5) is 0 Å². The molecule has 0 aromatic rings. The lowest BCUT2D eigenvalue weighted by Crippen LogP contribution is -2.17. The van der Waals surface area contributed by atoms with Crippen molar-refractivity contribution < 1.29 is 9.90 Å². The predicted octanol–water partition coefficient (Wildman–Crippen LogP) is 1.87. The Labute approximate surface area is 71.7 Å². The van der Waals surface area contributed by atoms with Crippen molar-refractivity contribution in [2.24, 2.45) is 0 Å². The van der Waals surface area contributed by atoms with Gasteiger partial charge in [-0.3, -0.25) is 4.79 Å². The van der Waals surface area contributed by atoms with Crippen LogP contribution >= 0.6 is 12.6 Å². The first-order valence-electron chi connectivity index (χ1n) is 3.81. The average molecular weight is 172 g/mol. The van der Waals surface area contributed by atoms with Crippen molar-refractivity contribution in [1.29, 1.82) is 0 Å². The van der Waals surface area contributed by atoms with Gasteiger partial charge in [-0.2, -0.15) is 12.6 Å². The molecular formula is C8H12O2S. The summed E-state index contributed by atoms with van der Waals surface area (Å²) in [5.41, 5.74) is 0.979. The molecule has 11 heavy (non-hydrogen) atoms. The summed E-state index contributed by atoms with van der Waals surface area (Å²) in [5, 5.41) is 8.04. The molecule has 1 atom stereocenters. The minimum Gasteiger partial charge on any atom is -0.480 e. The van der Waals surface area contributed by atoms with Crippen molar-refractivity contribution in [3.8, 4) is 0 Å². The van der Waals surface area contributed by atoms with Crippen LogP contribution in [0.3, 0.4) is 0 Å². The van der Waals surface area contributed by atoms with Crippen LogP contribution in [-0.4, -0.2) is 16.3 Å². The quantitative estimate of drug-likeness (QED) is 0.493. The molecule has 1 aliphatic carbocycles. The van der Waals surface area contributed by atoms with Crippen LogP contribution in [-0.2, 0) is 4.79 Å². The lowest BCUT2D eigenvalue weighted by Gasteiger charge is -2.14. The second kappa shape index (κ2) is 3.81. The van der Waals surface area contributed by atoms with E-state index in [1.165, 1.54) is 6.42 Å². The Morgan fingerprint density at radius 1 is 1.64 bits per heavy atom. The van der Waals surface area contributed by atoms with Gasteiger partial charge in [-0.25, -0.2) is 0 Å². The molecule has 0 spiro atoms. The zero-order valence-corrected chi connectivity index (χ0v) is 7.18. The summed E-state index contributed by atoms with van der Waals surface area (Å²) in [6.45, 7) is 0. The Balaban J connectivity index is 2.58. The summed E-state index contributed by atoms with van der Waals surface area (Å²) in [5.74, 6) is -0.832. The highest BCUT2D eigenvalue weighted by Gasteiger charge is 2.18. The molecule has 0 bridgehead atoms. The Bertz CT molecular complexity index is 187. The number of carboxylic acid groups (broad SMARTS) is 1. The first-order chi connectivity index (χ1) is 5.22. The van der Waals surface area contributed by atoms with Crippen LogP contribution in [0.2, 0.25) is 0 Å². The van der Waals surface area contributed by atoms with Crippen molar-refractivity contribution in [2.45, 2.75) is 30.9 Å². The van der Waals surface area contributed by atoms with E-state index in [-0.39, 0.29) is 0 Å².